The van der Waals surface area contributed by atoms with Gasteiger partial charge in [-0.1, -0.05) is 11.6 Å². The van der Waals surface area contributed by atoms with Crippen molar-refractivity contribution in [3.05, 3.63) is 21.3 Å². The van der Waals surface area contributed by atoms with Gasteiger partial charge >= 0.3 is 0 Å². The van der Waals surface area contributed by atoms with Crippen molar-refractivity contribution >= 4 is 34.8 Å². The molecule has 0 aromatic carbocycles. The van der Waals surface area contributed by atoms with Crippen LogP contribution in [0.2, 0.25) is 4.34 Å². The summed E-state index contributed by atoms with van der Waals surface area (Å²) in [5.41, 5.74) is 0. The molecule has 0 bridgehead atoms. The summed E-state index contributed by atoms with van der Waals surface area (Å²) in [4.78, 5) is 24.0. The molecule has 1 aliphatic rings. The van der Waals surface area contributed by atoms with E-state index in [1.165, 1.54) is 11.3 Å². The lowest BCUT2D eigenvalue weighted by molar-refractivity contribution is -0.122. The van der Waals surface area contributed by atoms with Crippen LogP contribution in [0.1, 0.15) is 28.9 Å². The molecule has 2 rings (SSSR count). The molecule has 1 aromatic heterocycles. The molecule has 0 spiro atoms. The highest BCUT2D eigenvalue weighted by Crippen LogP contribution is 2.21. The Morgan fingerprint density at radius 3 is 3.00 bits per heavy atom. The zero-order valence-corrected chi connectivity index (χ0v) is 10.7. The molecular weight excluding hydrogens is 260 g/mol. The molecule has 0 aliphatic carbocycles. The highest BCUT2D eigenvalue weighted by molar-refractivity contribution is 7.18. The van der Waals surface area contributed by atoms with Crippen molar-refractivity contribution in [1.82, 2.24) is 10.6 Å². The fraction of sp³-hybridized carbons (Fsp3) is 0.455. The highest BCUT2D eigenvalue weighted by Gasteiger charge is 2.23. The van der Waals surface area contributed by atoms with Gasteiger partial charge in [-0.25, -0.2) is 0 Å². The topological polar surface area (TPSA) is 58.2 Å². The molecule has 92 valence electrons. The minimum absolute atomic E-state index is 0.0986. The largest absolute Gasteiger partial charge is 0.354 e. The summed E-state index contributed by atoms with van der Waals surface area (Å²) in [5, 5.41) is 5.52. The molecule has 6 heteroatoms. The first-order chi connectivity index (χ1) is 8.16. The van der Waals surface area contributed by atoms with Crippen LogP contribution in [0.25, 0.3) is 0 Å². The van der Waals surface area contributed by atoms with E-state index in [0.717, 1.165) is 12.8 Å². The minimum Gasteiger partial charge on any atom is -0.354 e. The molecule has 1 atom stereocenters. The van der Waals surface area contributed by atoms with Crippen LogP contribution in [0.3, 0.4) is 0 Å². The maximum Gasteiger partial charge on any atom is 0.262 e. The molecule has 2 amide bonds. The Balaban J connectivity index is 1.99. The van der Waals surface area contributed by atoms with Gasteiger partial charge in [0, 0.05) is 6.54 Å². The van der Waals surface area contributed by atoms with Gasteiger partial charge in [-0.2, -0.15) is 0 Å². The van der Waals surface area contributed by atoms with Crippen LogP contribution in [0.15, 0.2) is 12.1 Å². The molecular formula is C11H13ClN2O2S. The van der Waals surface area contributed by atoms with Crippen LogP contribution < -0.4 is 10.6 Å². The molecule has 2 heterocycles. The van der Waals surface area contributed by atoms with Crippen molar-refractivity contribution in [3.8, 4) is 0 Å². The van der Waals surface area contributed by atoms with E-state index in [9.17, 15) is 9.59 Å². The van der Waals surface area contributed by atoms with E-state index in [1.807, 2.05) is 0 Å². The zero-order chi connectivity index (χ0) is 12.3. The molecule has 1 aliphatic heterocycles. The van der Waals surface area contributed by atoms with Gasteiger partial charge in [-0.15, -0.1) is 11.3 Å². The van der Waals surface area contributed by atoms with Gasteiger partial charge in [0.15, 0.2) is 0 Å². The van der Waals surface area contributed by atoms with Crippen molar-refractivity contribution in [2.75, 3.05) is 6.54 Å². The van der Waals surface area contributed by atoms with E-state index in [-0.39, 0.29) is 11.8 Å². The summed E-state index contributed by atoms with van der Waals surface area (Å²) in [6, 6.07) is 2.91. The number of carbonyl (C=O) groups excluding carboxylic acids is 2. The Bertz CT molecular complexity index is 433. The maximum atomic E-state index is 11.8. The molecule has 1 saturated heterocycles. The highest BCUT2D eigenvalue weighted by atomic mass is 35.5. The van der Waals surface area contributed by atoms with Gasteiger partial charge in [0.05, 0.1) is 9.21 Å². The Kier molecular flexibility index (Phi) is 4.02. The van der Waals surface area contributed by atoms with Crippen LogP contribution in [0.4, 0.5) is 0 Å². The van der Waals surface area contributed by atoms with E-state index in [4.69, 9.17) is 11.6 Å². The summed E-state index contributed by atoms with van der Waals surface area (Å²) in [7, 11) is 0. The summed E-state index contributed by atoms with van der Waals surface area (Å²) in [6.45, 7) is 0.691. The summed E-state index contributed by atoms with van der Waals surface area (Å²) in [5.74, 6) is -0.331. The third kappa shape index (κ3) is 3.20. The van der Waals surface area contributed by atoms with Crippen molar-refractivity contribution in [1.29, 1.82) is 0 Å². The first-order valence-corrected chi connectivity index (χ1v) is 6.70. The SMILES string of the molecule is O=C(NC1CCCCNC1=O)c1ccc(Cl)s1. The van der Waals surface area contributed by atoms with E-state index < -0.39 is 6.04 Å². The lowest BCUT2D eigenvalue weighted by atomic mass is 10.1. The Hall–Kier alpha value is -1.07. The third-order valence-corrected chi connectivity index (χ3v) is 3.87. The summed E-state index contributed by atoms with van der Waals surface area (Å²) >= 11 is 6.97. The van der Waals surface area contributed by atoms with E-state index >= 15 is 0 Å². The minimum atomic E-state index is -0.425. The number of hydrogen-bond acceptors (Lipinski definition) is 3. The van der Waals surface area contributed by atoms with Crippen molar-refractivity contribution < 1.29 is 9.59 Å². The van der Waals surface area contributed by atoms with Gasteiger partial charge in [0.2, 0.25) is 5.91 Å². The zero-order valence-electron chi connectivity index (χ0n) is 9.16. The molecule has 1 unspecified atom stereocenters. The van der Waals surface area contributed by atoms with Gasteiger partial charge in [0.1, 0.15) is 6.04 Å². The molecule has 1 fully saturated rings. The monoisotopic (exact) mass is 272 g/mol. The summed E-state index contributed by atoms with van der Waals surface area (Å²) < 4.78 is 0.570. The Morgan fingerprint density at radius 1 is 1.47 bits per heavy atom. The Morgan fingerprint density at radius 2 is 2.29 bits per heavy atom. The van der Waals surface area contributed by atoms with Gasteiger partial charge in [-0.3, -0.25) is 9.59 Å². The first kappa shape index (κ1) is 12.4. The van der Waals surface area contributed by atoms with Crippen LogP contribution in [-0.4, -0.2) is 24.4 Å². The number of hydrogen-bond donors (Lipinski definition) is 2. The predicted octanol–water partition coefficient (Wildman–Crippen LogP) is 1.80. The fourth-order valence-electron chi connectivity index (χ4n) is 1.74. The molecule has 1 aromatic rings. The second-order valence-electron chi connectivity index (χ2n) is 3.92. The standard InChI is InChI=1S/C11H13ClN2O2S/c12-9-5-4-8(17-9)11(16)14-7-3-1-2-6-13-10(7)15/h4-5,7H,1-3,6H2,(H,13,15)(H,14,16). The van der Waals surface area contributed by atoms with Crippen molar-refractivity contribution in [2.24, 2.45) is 0 Å². The second kappa shape index (κ2) is 5.51. The van der Waals surface area contributed by atoms with Crippen molar-refractivity contribution in [3.63, 3.8) is 0 Å². The van der Waals surface area contributed by atoms with E-state index in [2.05, 4.69) is 10.6 Å². The second-order valence-corrected chi connectivity index (χ2v) is 5.63. The Labute approximate surface area is 108 Å². The van der Waals surface area contributed by atoms with Gasteiger partial charge in [0.25, 0.3) is 5.91 Å². The lowest BCUT2D eigenvalue weighted by Crippen LogP contribution is -2.45. The predicted molar refractivity (Wildman–Crippen MR) is 67.4 cm³/mol. The number of nitrogens with one attached hydrogen (secondary N) is 2. The van der Waals surface area contributed by atoms with Crippen molar-refractivity contribution in [2.45, 2.75) is 25.3 Å². The number of thiophene rings is 1. The molecule has 0 radical (unpaired) electrons. The van der Waals surface area contributed by atoms with E-state index in [0.29, 0.717) is 22.2 Å². The molecule has 17 heavy (non-hydrogen) atoms. The quantitative estimate of drug-likeness (QED) is 0.863. The fourth-order valence-corrected chi connectivity index (χ4v) is 2.69. The molecule has 4 nitrogen and oxygen atoms in total. The average Bonchev–Trinajstić information content (AvgIpc) is 2.63. The molecule has 2 N–H and O–H groups in total. The lowest BCUT2D eigenvalue weighted by Gasteiger charge is -2.14. The van der Waals surface area contributed by atoms with Crippen LogP contribution in [0, 0.1) is 0 Å². The maximum absolute atomic E-state index is 11.8. The van der Waals surface area contributed by atoms with Crippen LogP contribution >= 0.6 is 22.9 Å². The third-order valence-electron chi connectivity index (χ3n) is 2.64. The number of carbonyl (C=O) groups is 2. The molecule has 0 saturated carbocycles. The van der Waals surface area contributed by atoms with Gasteiger partial charge < -0.3 is 10.6 Å². The normalized spacial score (nSPS) is 20.5. The van der Waals surface area contributed by atoms with E-state index in [1.54, 1.807) is 12.1 Å². The van der Waals surface area contributed by atoms with Gasteiger partial charge in [-0.05, 0) is 31.4 Å². The smallest absolute Gasteiger partial charge is 0.262 e. The summed E-state index contributed by atoms with van der Waals surface area (Å²) in [6.07, 6.45) is 2.59. The number of halogens is 1. The first-order valence-electron chi connectivity index (χ1n) is 5.51. The number of rotatable bonds is 2. The van der Waals surface area contributed by atoms with Crippen LogP contribution in [-0.2, 0) is 4.79 Å². The van der Waals surface area contributed by atoms with Crippen LogP contribution in [0.5, 0.6) is 0 Å². The average molecular weight is 273 g/mol. The number of amides is 2.